The van der Waals surface area contributed by atoms with Gasteiger partial charge in [-0.1, -0.05) is 325 Å². The highest BCUT2D eigenvalue weighted by atomic mass is 31.2. The first kappa shape index (κ1) is 92.1. The molecule has 6 atom stereocenters. The Balaban J connectivity index is 5.28. The highest BCUT2D eigenvalue weighted by Gasteiger charge is 2.30. The Morgan fingerprint density at radius 1 is 0.298 bits per heavy atom. The minimum Gasteiger partial charge on any atom is -0.462 e. The van der Waals surface area contributed by atoms with Gasteiger partial charge in [0.15, 0.2) is 12.2 Å². The van der Waals surface area contributed by atoms with Crippen LogP contribution in [0.1, 0.15) is 376 Å². The summed E-state index contributed by atoms with van der Waals surface area (Å²) in [4.78, 5) is 72.8. The van der Waals surface area contributed by atoms with Gasteiger partial charge in [-0.05, 0) is 49.4 Å². The topological polar surface area (TPSA) is 237 Å². The number of hydrogen-bond acceptors (Lipinski definition) is 15. The van der Waals surface area contributed by atoms with Crippen molar-refractivity contribution in [1.82, 2.24) is 0 Å². The lowest BCUT2D eigenvalue weighted by molar-refractivity contribution is -0.161. The number of hydrogen-bond donors (Lipinski definition) is 3. The van der Waals surface area contributed by atoms with E-state index in [0.717, 1.165) is 114 Å². The Kier molecular flexibility index (Phi) is 63.1. The van der Waals surface area contributed by atoms with Gasteiger partial charge in [-0.3, -0.25) is 37.3 Å². The molecule has 17 nitrogen and oxygen atoms in total. The van der Waals surface area contributed by atoms with Crippen molar-refractivity contribution in [3.05, 3.63) is 0 Å². The molecule has 3 N–H and O–H groups in total. The number of rotatable bonds is 72. The number of phosphoric acid groups is 2. The average Bonchev–Trinajstić information content (AvgIpc) is 1.39. The number of aliphatic hydroxyl groups is 1. The Labute approximate surface area is 575 Å². The fourth-order valence-corrected chi connectivity index (χ4v) is 12.9. The Morgan fingerprint density at radius 2 is 0.511 bits per heavy atom. The number of unbranched alkanes of at least 4 members (excludes halogenated alkanes) is 37. The van der Waals surface area contributed by atoms with Crippen molar-refractivity contribution in [3.63, 3.8) is 0 Å². The Morgan fingerprint density at radius 3 is 0.755 bits per heavy atom. The molecule has 0 radical (unpaired) electrons. The quantitative estimate of drug-likeness (QED) is 0.0222. The van der Waals surface area contributed by atoms with Crippen molar-refractivity contribution < 1.29 is 80.2 Å². The van der Waals surface area contributed by atoms with Gasteiger partial charge >= 0.3 is 39.5 Å². The summed E-state index contributed by atoms with van der Waals surface area (Å²) in [6.07, 6.45) is 48.4. The summed E-state index contributed by atoms with van der Waals surface area (Å²) < 4.78 is 68.5. The second-order valence-electron chi connectivity index (χ2n) is 28.7. The molecule has 0 bridgehead atoms. The van der Waals surface area contributed by atoms with Crippen molar-refractivity contribution in [2.75, 3.05) is 39.6 Å². The maximum Gasteiger partial charge on any atom is 0.472 e. The van der Waals surface area contributed by atoms with Crippen LogP contribution in [0.25, 0.3) is 0 Å². The molecule has 0 amide bonds. The van der Waals surface area contributed by atoms with E-state index in [0.29, 0.717) is 25.7 Å². The molecule has 558 valence electrons. The fourth-order valence-electron chi connectivity index (χ4n) is 11.3. The van der Waals surface area contributed by atoms with Crippen LogP contribution in [0, 0.1) is 23.7 Å². The standard InChI is InChI=1S/C75H146O17P2/c1-9-68(8)54-46-38-30-21-17-18-24-34-42-50-58-75(80)92-71(62-86-73(78)56-48-40-32-26-25-29-37-45-53-67(6)7)64-90-94(83,84)88-60-69(76)59-87-93(81,82)89-63-70(61-85-72(77)55-47-39-31-22-16-12-14-20-28-36-44-52-66(4)5)91-74(79)57-49-41-33-23-15-11-10-13-19-27-35-43-51-65(2)3/h65-71,76H,9-64H2,1-8H3,(H,81,82)(H,83,84)/t68?,69?,70-,71-/m1/s1. The highest BCUT2D eigenvalue weighted by Crippen LogP contribution is 2.45. The molecule has 0 saturated carbocycles. The maximum absolute atomic E-state index is 13.1. The summed E-state index contributed by atoms with van der Waals surface area (Å²) in [5.74, 6) is 0.955. The van der Waals surface area contributed by atoms with Gasteiger partial charge in [0.05, 0.1) is 26.4 Å². The maximum atomic E-state index is 13.1. The van der Waals surface area contributed by atoms with Gasteiger partial charge in [0.1, 0.15) is 19.3 Å². The van der Waals surface area contributed by atoms with Crippen LogP contribution in [-0.4, -0.2) is 96.7 Å². The third-order valence-electron chi connectivity index (χ3n) is 17.7. The van der Waals surface area contributed by atoms with Crippen LogP contribution in [0.2, 0.25) is 0 Å². The molecule has 0 rings (SSSR count). The van der Waals surface area contributed by atoms with Gasteiger partial charge in [0, 0.05) is 25.7 Å². The predicted molar refractivity (Wildman–Crippen MR) is 381 cm³/mol. The van der Waals surface area contributed by atoms with Gasteiger partial charge < -0.3 is 33.8 Å². The zero-order valence-corrected chi connectivity index (χ0v) is 63.4. The molecular weight excluding hydrogens is 1230 g/mol. The first-order valence-corrected chi connectivity index (χ1v) is 41.7. The number of carbonyl (C=O) groups excluding carboxylic acids is 4. The highest BCUT2D eigenvalue weighted by molar-refractivity contribution is 7.47. The summed E-state index contributed by atoms with van der Waals surface area (Å²) in [7, 11) is -9.91. The van der Waals surface area contributed by atoms with Crippen molar-refractivity contribution >= 4 is 39.5 Å². The van der Waals surface area contributed by atoms with E-state index in [2.05, 4.69) is 55.4 Å². The van der Waals surface area contributed by atoms with E-state index >= 15 is 0 Å². The second kappa shape index (κ2) is 64.4. The Hall–Kier alpha value is -1.94. The van der Waals surface area contributed by atoms with Crippen LogP contribution < -0.4 is 0 Å². The van der Waals surface area contributed by atoms with E-state index < -0.39 is 97.5 Å². The molecular formula is C75H146O17P2. The van der Waals surface area contributed by atoms with Crippen LogP contribution >= 0.6 is 15.6 Å². The molecule has 0 aromatic rings. The van der Waals surface area contributed by atoms with Crippen LogP contribution in [-0.2, 0) is 65.4 Å². The number of carbonyl (C=O) groups is 4. The SMILES string of the molecule is CCC(C)CCCCCCCCCCCCC(=O)O[C@H](COC(=O)CCCCCCCCCCC(C)C)COP(=O)(O)OCC(O)COP(=O)(O)OC[C@@H](COC(=O)CCCCCCCCCCCCCC(C)C)OC(=O)CCCCCCCCCCCCCCC(C)C. The molecule has 0 fully saturated rings. The minimum atomic E-state index is -4.96. The smallest absolute Gasteiger partial charge is 0.462 e. The van der Waals surface area contributed by atoms with Crippen LogP contribution in [0.5, 0.6) is 0 Å². The van der Waals surface area contributed by atoms with Gasteiger partial charge in [-0.25, -0.2) is 9.13 Å². The van der Waals surface area contributed by atoms with Gasteiger partial charge in [-0.2, -0.15) is 0 Å². The summed E-state index contributed by atoms with van der Waals surface area (Å²) in [5.41, 5.74) is 0. The first-order valence-electron chi connectivity index (χ1n) is 38.7. The first-order chi connectivity index (χ1) is 45.1. The van der Waals surface area contributed by atoms with E-state index in [1.54, 1.807) is 0 Å². The van der Waals surface area contributed by atoms with Crippen LogP contribution in [0.4, 0.5) is 0 Å². The van der Waals surface area contributed by atoms with Crippen molar-refractivity contribution in [2.24, 2.45) is 23.7 Å². The van der Waals surface area contributed by atoms with Crippen LogP contribution in [0.15, 0.2) is 0 Å². The molecule has 0 aromatic carbocycles. The summed E-state index contributed by atoms with van der Waals surface area (Å²) in [6.45, 7) is 14.2. The second-order valence-corrected chi connectivity index (χ2v) is 31.6. The third-order valence-corrected chi connectivity index (χ3v) is 19.6. The van der Waals surface area contributed by atoms with Crippen molar-refractivity contribution in [2.45, 2.75) is 395 Å². The molecule has 0 spiro atoms. The van der Waals surface area contributed by atoms with E-state index in [1.807, 2.05) is 0 Å². The largest absolute Gasteiger partial charge is 0.472 e. The average molecular weight is 1380 g/mol. The van der Waals surface area contributed by atoms with E-state index in [-0.39, 0.29) is 25.7 Å². The third kappa shape index (κ3) is 67.3. The molecule has 0 aliphatic rings. The fraction of sp³-hybridized carbons (Fsp3) is 0.947. The minimum absolute atomic E-state index is 0.105. The van der Waals surface area contributed by atoms with Crippen LogP contribution in [0.3, 0.4) is 0 Å². The molecule has 0 saturated heterocycles. The lowest BCUT2D eigenvalue weighted by Crippen LogP contribution is -2.30. The zero-order chi connectivity index (χ0) is 69.6. The monoisotopic (exact) mass is 1380 g/mol. The molecule has 0 aliphatic heterocycles. The Bertz CT molecular complexity index is 1850. The predicted octanol–water partition coefficient (Wildman–Crippen LogP) is 21.7. The molecule has 0 heterocycles. The van der Waals surface area contributed by atoms with E-state index in [4.69, 9.17) is 37.0 Å². The van der Waals surface area contributed by atoms with E-state index in [1.165, 1.54) is 180 Å². The summed E-state index contributed by atoms with van der Waals surface area (Å²) in [5, 5.41) is 10.6. The van der Waals surface area contributed by atoms with Gasteiger partial charge in [0.2, 0.25) is 0 Å². The zero-order valence-electron chi connectivity index (χ0n) is 61.6. The number of phosphoric ester groups is 2. The number of aliphatic hydroxyl groups excluding tert-OH is 1. The lowest BCUT2D eigenvalue weighted by atomic mass is 9.99. The summed E-state index contributed by atoms with van der Waals surface area (Å²) >= 11 is 0. The molecule has 19 heteroatoms. The van der Waals surface area contributed by atoms with Crippen molar-refractivity contribution in [1.29, 1.82) is 0 Å². The molecule has 0 aliphatic carbocycles. The number of esters is 4. The van der Waals surface area contributed by atoms with Crippen molar-refractivity contribution in [3.8, 4) is 0 Å². The lowest BCUT2D eigenvalue weighted by Gasteiger charge is -2.21. The molecule has 94 heavy (non-hydrogen) atoms. The van der Waals surface area contributed by atoms with Gasteiger partial charge in [0.25, 0.3) is 0 Å². The van der Waals surface area contributed by atoms with Gasteiger partial charge in [-0.15, -0.1) is 0 Å². The number of ether oxygens (including phenoxy) is 4. The normalized spacial score (nSPS) is 14.4. The van der Waals surface area contributed by atoms with E-state index in [9.17, 15) is 43.2 Å². The summed E-state index contributed by atoms with van der Waals surface area (Å²) in [6, 6.07) is 0. The molecule has 4 unspecified atom stereocenters. The molecule has 0 aromatic heterocycles.